The van der Waals surface area contributed by atoms with Gasteiger partial charge >= 0.3 is 0 Å². The zero-order valence-corrected chi connectivity index (χ0v) is 12.0. The van der Waals surface area contributed by atoms with Gasteiger partial charge < -0.3 is 5.32 Å². The lowest BCUT2D eigenvalue weighted by molar-refractivity contribution is 0.580. The molecule has 0 spiro atoms. The van der Waals surface area contributed by atoms with Crippen LogP contribution in [0.25, 0.3) is 0 Å². The molecule has 2 aromatic rings. The molecule has 6 nitrogen and oxygen atoms in total. The van der Waals surface area contributed by atoms with E-state index in [9.17, 15) is 8.42 Å². The van der Waals surface area contributed by atoms with Gasteiger partial charge in [0.25, 0.3) is 0 Å². The number of sulfonamides is 1. The van der Waals surface area contributed by atoms with Crippen LogP contribution in [0.1, 0.15) is 12.6 Å². The first-order chi connectivity index (χ1) is 9.13. The molecule has 0 bridgehead atoms. The first kappa shape index (κ1) is 13.9. The third kappa shape index (κ3) is 3.49. The second kappa shape index (κ2) is 6.09. The van der Waals surface area contributed by atoms with Crippen molar-refractivity contribution in [1.29, 1.82) is 0 Å². The molecule has 0 unspecified atom stereocenters. The molecule has 0 saturated carbocycles. The van der Waals surface area contributed by atoms with Crippen molar-refractivity contribution in [1.82, 2.24) is 14.7 Å². The monoisotopic (exact) mass is 298 g/mol. The lowest BCUT2D eigenvalue weighted by Gasteiger charge is -2.11. The molecule has 0 atom stereocenters. The molecular formula is C11H14N4O2S2. The molecule has 0 amide bonds. The topological polar surface area (TPSA) is 84.0 Å². The van der Waals surface area contributed by atoms with E-state index in [0.29, 0.717) is 17.9 Å². The fraction of sp³-hybridized carbons (Fsp3) is 0.273. The summed E-state index contributed by atoms with van der Waals surface area (Å²) in [6.07, 6.45) is 2.89. The maximum atomic E-state index is 12.2. The van der Waals surface area contributed by atoms with E-state index in [0.717, 1.165) is 0 Å². The molecule has 0 aliphatic carbocycles. The van der Waals surface area contributed by atoms with E-state index in [-0.39, 0.29) is 11.4 Å². The van der Waals surface area contributed by atoms with E-state index >= 15 is 0 Å². The number of anilines is 1. The highest BCUT2D eigenvalue weighted by Gasteiger charge is 2.18. The van der Waals surface area contributed by atoms with Crippen LogP contribution in [0.3, 0.4) is 0 Å². The minimum atomic E-state index is -3.60. The van der Waals surface area contributed by atoms with Crippen LogP contribution in [0.4, 0.5) is 5.69 Å². The lowest BCUT2D eigenvalue weighted by atomic mass is 10.4. The van der Waals surface area contributed by atoms with E-state index in [1.807, 2.05) is 6.92 Å². The Morgan fingerprint density at radius 1 is 1.42 bits per heavy atom. The molecule has 2 aromatic heterocycles. The fourth-order valence-electron chi connectivity index (χ4n) is 1.50. The summed E-state index contributed by atoms with van der Waals surface area (Å²) in [5.41, 5.74) is 2.91. The number of aromatic nitrogens is 2. The minimum Gasteiger partial charge on any atom is -0.384 e. The van der Waals surface area contributed by atoms with Gasteiger partial charge in [-0.2, -0.15) is 0 Å². The number of pyridine rings is 1. The van der Waals surface area contributed by atoms with Gasteiger partial charge in [0.1, 0.15) is 4.90 Å². The summed E-state index contributed by atoms with van der Waals surface area (Å²) in [5, 5.41) is 4.81. The van der Waals surface area contributed by atoms with Gasteiger partial charge in [-0.15, -0.1) is 11.3 Å². The largest absolute Gasteiger partial charge is 0.384 e. The summed E-state index contributed by atoms with van der Waals surface area (Å²) in [7, 11) is -3.60. The van der Waals surface area contributed by atoms with Crippen molar-refractivity contribution in [2.45, 2.75) is 18.4 Å². The molecule has 0 aliphatic heterocycles. The molecule has 2 rings (SSSR count). The molecule has 0 fully saturated rings. The molecule has 0 saturated heterocycles. The Labute approximate surface area is 116 Å². The summed E-state index contributed by atoms with van der Waals surface area (Å²) in [4.78, 5) is 8.04. The second-order valence-corrected chi connectivity index (χ2v) is 6.16. The van der Waals surface area contributed by atoms with Crippen molar-refractivity contribution in [3.8, 4) is 0 Å². The van der Waals surface area contributed by atoms with Crippen LogP contribution in [0.15, 0.2) is 34.2 Å². The van der Waals surface area contributed by atoms with Crippen molar-refractivity contribution < 1.29 is 8.42 Å². The van der Waals surface area contributed by atoms with Gasteiger partial charge in [-0.05, 0) is 13.0 Å². The molecular weight excluding hydrogens is 284 g/mol. The van der Waals surface area contributed by atoms with E-state index in [1.54, 1.807) is 23.2 Å². The number of nitrogens with one attached hydrogen (secondary N) is 2. The molecule has 2 N–H and O–H groups in total. The van der Waals surface area contributed by atoms with Gasteiger partial charge in [0, 0.05) is 24.3 Å². The number of hydrogen-bond donors (Lipinski definition) is 2. The van der Waals surface area contributed by atoms with E-state index in [1.165, 1.54) is 17.5 Å². The summed E-state index contributed by atoms with van der Waals surface area (Å²) in [6.45, 7) is 2.71. The molecule has 0 radical (unpaired) electrons. The predicted octanol–water partition coefficient (Wildman–Crippen LogP) is 1.45. The normalized spacial score (nSPS) is 11.4. The minimum absolute atomic E-state index is 0.145. The van der Waals surface area contributed by atoms with Gasteiger partial charge in [0.15, 0.2) is 0 Å². The van der Waals surface area contributed by atoms with Gasteiger partial charge in [-0.3, -0.25) is 4.98 Å². The molecule has 0 aliphatic rings. The lowest BCUT2D eigenvalue weighted by Crippen LogP contribution is -2.24. The summed E-state index contributed by atoms with van der Waals surface area (Å²) in [5.74, 6) is 0. The Balaban J connectivity index is 2.19. The Morgan fingerprint density at radius 3 is 2.95 bits per heavy atom. The SMILES string of the molecule is CCNc1ccncc1S(=O)(=O)NCc1cscn1. The summed E-state index contributed by atoms with van der Waals surface area (Å²) >= 11 is 1.43. The summed E-state index contributed by atoms with van der Waals surface area (Å²) < 4.78 is 26.9. The van der Waals surface area contributed by atoms with Crippen molar-refractivity contribution in [3.63, 3.8) is 0 Å². The van der Waals surface area contributed by atoms with Crippen LogP contribution in [-0.4, -0.2) is 24.9 Å². The van der Waals surface area contributed by atoms with Crippen LogP contribution in [-0.2, 0) is 16.6 Å². The number of thiazole rings is 1. The van der Waals surface area contributed by atoms with Crippen LogP contribution in [0.2, 0.25) is 0 Å². The fourth-order valence-corrected chi connectivity index (χ4v) is 3.18. The van der Waals surface area contributed by atoms with Crippen molar-refractivity contribution in [2.75, 3.05) is 11.9 Å². The van der Waals surface area contributed by atoms with Gasteiger partial charge in [0.05, 0.1) is 23.4 Å². The Hall–Kier alpha value is -1.51. The van der Waals surface area contributed by atoms with Crippen LogP contribution in [0.5, 0.6) is 0 Å². The quantitative estimate of drug-likeness (QED) is 0.843. The average molecular weight is 298 g/mol. The molecule has 19 heavy (non-hydrogen) atoms. The molecule has 102 valence electrons. The standard InChI is InChI=1S/C11H14N4O2S2/c1-2-13-10-3-4-12-6-11(10)19(16,17)15-5-9-7-18-8-14-9/h3-4,6-8,15H,2,5H2,1H3,(H,12,13). The maximum Gasteiger partial charge on any atom is 0.244 e. The first-order valence-electron chi connectivity index (χ1n) is 5.68. The van der Waals surface area contributed by atoms with E-state index in [2.05, 4.69) is 20.0 Å². The third-order valence-electron chi connectivity index (χ3n) is 2.37. The molecule has 2 heterocycles. The van der Waals surface area contributed by atoms with E-state index < -0.39 is 10.0 Å². The predicted molar refractivity (Wildman–Crippen MR) is 74.5 cm³/mol. The maximum absolute atomic E-state index is 12.2. The van der Waals surface area contributed by atoms with Gasteiger partial charge in [-0.25, -0.2) is 18.1 Å². The second-order valence-electron chi connectivity index (χ2n) is 3.71. The van der Waals surface area contributed by atoms with Crippen molar-refractivity contribution in [3.05, 3.63) is 35.0 Å². The Bertz CT molecular complexity index is 626. The highest BCUT2D eigenvalue weighted by atomic mass is 32.2. The summed E-state index contributed by atoms with van der Waals surface area (Å²) in [6, 6.07) is 1.64. The van der Waals surface area contributed by atoms with Crippen molar-refractivity contribution >= 4 is 27.0 Å². The highest BCUT2D eigenvalue weighted by molar-refractivity contribution is 7.89. The van der Waals surface area contributed by atoms with E-state index in [4.69, 9.17) is 0 Å². The Morgan fingerprint density at radius 2 is 2.26 bits per heavy atom. The number of hydrogen-bond acceptors (Lipinski definition) is 6. The van der Waals surface area contributed by atoms with Crippen LogP contribution >= 0.6 is 11.3 Å². The highest BCUT2D eigenvalue weighted by Crippen LogP contribution is 2.19. The zero-order valence-electron chi connectivity index (χ0n) is 10.3. The van der Waals surface area contributed by atoms with Crippen LogP contribution in [0, 0.1) is 0 Å². The number of rotatable bonds is 6. The average Bonchev–Trinajstić information content (AvgIpc) is 2.91. The smallest absolute Gasteiger partial charge is 0.244 e. The van der Waals surface area contributed by atoms with Crippen LogP contribution < -0.4 is 10.0 Å². The molecule has 0 aromatic carbocycles. The molecule has 8 heteroatoms. The first-order valence-corrected chi connectivity index (χ1v) is 8.10. The number of nitrogens with zero attached hydrogens (tertiary/aromatic N) is 2. The van der Waals surface area contributed by atoms with Crippen molar-refractivity contribution in [2.24, 2.45) is 0 Å². The third-order valence-corrected chi connectivity index (χ3v) is 4.43. The Kier molecular flexibility index (Phi) is 4.46. The van der Waals surface area contributed by atoms with Gasteiger partial charge in [0.2, 0.25) is 10.0 Å². The van der Waals surface area contributed by atoms with Gasteiger partial charge in [-0.1, -0.05) is 0 Å². The zero-order chi connectivity index (χ0) is 13.7.